The summed E-state index contributed by atoms with van der Waals surface area (Å²) in [7, 11) is 0. The Kier molecular flexibility index (Phi) is 3.80. The third-order valence-electron chi connectivity index (χ3n) is 4.46. The van der Waals surface area contributed by atoms with E-state index < -0.39 is 0 Å². The van der Waals surface area contributed by atoms with Crippen molar-refractivity contribution >= 4 is 34.0 Å². The topological polar surface area (TPSA) is 58.1 Å². The lowest BCUT2D eigenvalue weighted by molar-refractivity contribution is -0.118. The van der Waals surface area contributed by atoms with Gasteiger partial charge in [0, 0.05) is 29.7 Å². The molecule has 1 amide bonds. The average molecular weight is 336 g/mol. The van der Waals surface area contributed by atoms with E-state index in [4.69, 9.17) is 0 Å². The fourth-order valence-corrected chi connectivity index (χ4v) is 3.25. The first-order chi connectivity index (χ1) is 12.2. The molecule has 0 spiro atoms. The largest absolute Gasteiger partial charge is 0.340 e. The van der Waals surface area contributed by atoms with Gasteiger partial charge in [-0.05, 0) is 55.3 Å². The van der Waals surface area contributed by atoms with Gasteiger partial charge in [-0.15, -0.1) is 0 Å². The van der Waals surface area contributed by atoms with Crippen molar-refractivity contribution < 1.29 is 9.18 Å². The predicted octanol–water partition coefficient (Wildman–Crippen LogP) is 3.81. The molecule has 126 valence electrons. The summed E-state index contributed by atoms with van der Waals surface area (Å²) in [6.07, 6.45) is 2.70. The first kappa shape index (κ1) is 15.5. The second-order valence-corrected chi connectivity index (χ2v) is 5.99. The third-order valence-corrected chi connectivity index (χ3v) is 4.46. The molecule has 1 aliphatic heterocycles. The predicted molar refractivity (Wildman–Crippen MR) is 95.6 cm³/mol. The lowest BCUT2D eigenvalue weighted by Gasteiger charge is -2.28. The highest BCUT2D eigenvalue weighted by Gasteiger charge is 2.22. The molecule has 25 heavy (non-hydrogen) atoms. The number of aryl methyl sites for hydroxylation is 1. The molecule has 0 atom stereocenters. The summed E-state index contributed by atoms with van der Waals surface area (Å²) in [5.41, 5.74) is 3.62. The van der Waals surface area contributed by atoms with E-state index in [2.05, 4.69) is 15.3 Å². The highest BCUT2D eigenvalue weighted by Crippen LogP contribution is 2.32. The van der Waals surface area contributed by atoms with Crippen LogP contribution < -0.4 is 10.2 Å². The number of rotatable bonds is 3. The van der Waals surface area contributed by atoms with Crippen molar-refractivity contribution in [2.24, 2.45) is 0 Å². The van der Waals surface area contributed by atoms with Gasteiger partial charge >= 0.3 is 0 Å². The molecule has 1 N–H and O–H groups in total. The van der Waals surface area contributed by atoms with Crippen LogP contribution in [0, 0.1) is 5.82 Å². The number of fused-ring (bicyclic) bond motifs is 2. The fraction of sp³-hybridized carbons (Fsp3) is 0.211. The van der Waals surface area contributed by atoms with E-state index in [1.807, 2.05) is 25.1 Å². The molecular formula is C19H17FN4O. The molecule has 2 aromatic carbocycles. The van der Waals surface area contributed by atoms with Crippen LogP contribution in [0.3, 0.4) is 0 Å². The van der Waals surface area contributed by atoms with E-state index in [1.54, 1.807) is 11.0 Å². The van der Waals surface area contributed by atoms with E-state index in [0.29, 0.717) is 29.7 Å². The molecule has 0 saturated carbocycles. The number of aromatic nitrogens is 2. The number of nitrogens with zero attached hydrogens (tertiary/aromatic N) is 3. The zero-order chi connectivity index (χ0) is 17.4. The highest BCUT2D eigenvalue weighted by atomic mass is 19.1. The lowest BCUT2D eigenvalue weighted by Crippen LogP contribution is -2.34. The van der Waals surface area contributed by atoms with Crippen molar-refractivity contribution in [2.75, 3.05) is 16.8 Å². The highest BCUT2D eigenvalue weighted by molar-refractivity contribution is 5.97. The Morgan fingerprint density at radius 2 is 2.04 bits per heavy atom. The zero-order valence-corrected chi connectivity index (χ0v) is 13.8. The van der Waals surface area contributed by atoms with Crippen LogP contribution in [0.5, 0.6) is 0 Å². The lowest BCUT2D eigenvalue weighted by atomic mass is 10.0. The number of halogens is 1. The average Bonchev–Trinajstić information content (AvgIpc) is 2.62. The summed E-state index contributed by atoms with van der Waals surface area (Å²) in [6, 6.07) is 10.3. The summed E-state index contributed by atoms with van der Waals surface area (Å²) in [5, 5.41) is 3.88. The molecule has 2 heterocycles. The monoisotopic (exact) mass is 336 g/mol. The van der Waals surface area contributed by atoms with E-state index in [0.717, 1.165) is 23.4 Å². The summed E-state index contributed by atoms with van der Waals surface area (Å²) >= 11 is 0. The number of carbonyl (C=O) groups excluding carboxylic acids is 1. The number of nitrogens with one attached hydrogen (secondary N) is 1. The molecule has 4 rings (SSSR count). The molecule has 0 saturated heterocycles. The SMILES string of the molecule is CCN1C(=O)CCc2cc(Nc3ncnc4ccc(F)cc34)ccc21. The van der Waals surface area contributed by atoms with Gasteiger partial charge < -0.3 is 10.2 Å². The van der Waals surface area contributed by atoms with Gasteiger partial charge in [-0.3, -0.25) is 4.79 Å². The minimum Gasteiger partial charge on any atom is -0.340 e. The molecule has 1 aromatic heterocycles. The molecule has 3 aromatic rings. The van der Waals surface area contributed by atoms with Crippen LogP contribution >= 0.6 is 0 Å². The number of hydrogen-bond acceptors (Lipinski definition) is 4. The molecule has 0 radical (unpaired) electrons. The van der Waals surface area contributed by atoms with Crippen LogP contribution in [0.1, 0.15) is 18.9 Å². The summed E-state index contributed by atoms with van der Waals surface area (Å²) in [4.78, 5) is 22.2. The van der Waals surface area contributed by atoms with Crippen molar-refractivity contribution in [3.63, 3.8) is 0 Å². The smallest absolute Gasteiger partial charge is 0.227 e. The standard InChI is InChI=1S/C19H17FN4O/c1-2-24-17-7-5-14(9-12(17)3-8-18(24)25)23-19-15-10-13(20)4-6-16(15)21-11-22-19/h4-7,9-11H,2-3,8H2,1H3,(H,21,22,23). The van der Waals surface area contributed by atoms with E-state index in [-0.39, 0.29) is 11.7 Å². The van der Waals surface area contributed by atoms with Gasteiger partial charge in [0.25, 0.3) is 0 Å². The quantitative estimate of drug-likeness (QED) is 0.790. The van der Waals surface area contributed by atoms with Crippen LogP contribution in [0.2, 0.25) is 0 Å². The summed E-state index contributed by atoms with van der Waals surface area (Å²) in [6.45, 7) is 2.63. The Hall–Kier alpha value is -3.02. The Labute approximate surface area is 144 Å². The molecule has 5 nitrogen and oxygen atoms in total. The van der Waals surface area contributed by atoms with Gasteiger partial charge in [-0.25, -0.2) is 14.4 Å². The second kappa shape index (κ2) is 6.12. The third kappa shape index (κ3) is 2.80. The van der Waals surface area contributed by atoms with E-state index in [9.17, 15) is 9.18 Å². The molecule has 6 heteroatoms. The van der Waals surface area contributed by atoms with Crippen molar-refractivity contribution in [3.05, 3.63) is 54.1 Å². The van der Waals surface area contributed by atoms with Crippen molar-refractivity contribution in [2.45, 2.75) is 19.8 Å². The van der Waals surface area contributed by atoms with E-state index in [1.165, 1.54) is 18.5 Å². The van der Waals surface area contributed by atoms with Crippen LogP contribution in [0.15, 0.2) is 42.7 Å². The number of anilines is 3. The number of benzene rings is 2. The van der Waals surface area contributed by atoms with Gasteiger partial charge in [0.05, 0.1) is 5.52 Å². The molecule has 0 fully saturated rings. The molecular weight excluding hydrogens is 319 g/mol. The van der Waals surface area contributed by atoms with Crippen LogP contribution in [0.4, 0.5) is 21.6 Å². The fourth-order valence-electron chi connectivity index (χ4n) is 3.25. The Bertz CT molecular complexity index is 973. The minimum atomic E-state index is -0.326. The molecule has 1 aliphatic rings. The normalized spacial score (nSPS) is 13.8. The van der Waals surface area contributed by atoms with Crippen molar-refractivity contribution in [1.82, 2.24) is 9.97 Å². The number of amides is 1. The molecule has 0 unspecified atom stereocenters. The van der Waals surface area contributed by atoms with Gasteiger partial charge in [0.1, 0.15) is 18.0 Å². The summed E-state index contributed by atoms with van der Waals surface area (Å²) in [5.74, 6) is 0.393. The minimum absolute atomic E-state index is 0.160. The Morgan fingerprint density at radius 3 is 2.88 bits per heavy atom. The van der Waals surface area contributed by atoms with Gasteiger partial charge in [0.15, 0.2) is 0 Å². The maximum absolute atomic E-state index is 13.6. The maximum atomic E-state index is 13.6. The van der Waals surface area contributed by atoms with Gasteiger partial charge in [-0.1, -0.05) is 0 Å². The van der Waals surface area contributed by atoms with Crippen molar-refractivity contribution in [3.8, 4) is 0 Å². The number of carbonyl (C=O) groups is 1. The van der Waals surface area contributed by atoms with Crippen LogP contribution in [-0.4, -0.2) is 22.4 Å². The Balaban J connectivity index is 1.71. The van der Waals surface area contributed by atoms with Crippen LogP contribution in [-0.2, 0) is 11.2 Å². The van der Waals surface area contributed by atoms with Gasteiger partial charge in [0.2, 0.25) is 5.91 Å². The summed E-state index contributed by atoms with van der Waals surface area (Å²) < 4.78 is 13.6. The number of hydrogen-bond donors (Lipinski definition) is 1. The molecule has 0 aliphatic carbocycles. The first-order valence-corrected chi connectivity index (χ1v) is 8.26. The molecule has 0 bridgehead atoms. The van der Waals surface area contributed by atoms with Crippen molar-refractivity contribution in [1.29, 1.82) is 0 Å². The van der Waals surface area contributed by atoms with E-state index >= 15 is 0 Å². The van der Waals surface area contributed by atoms with Crippen LogP contribution in [0.25, 0.3) is 10.9 Å². The first-order valence-electron chi connectivity index (χ1n) is 8.26. The second-order valence-electron chi connectivity index (χ2n) is 5.99. The Morgan fingerprint density at radius 1 is 1.16 bits per heavy atom. The van der Waals surface area contributed by atoms with Gasteiger partial charge in [-0.2, -0.15) is 0 Å². The maximum Gasteiger partial charge on any atom is 0.227 e. The zero-order valence-electron chi connectivity index (χ0n) is 13.8.